The molecule has 0 amide bonds. The maximum atomic E-state index is 12.6. The molecule has 0 atom stereocenters. The van der Waals surface area contributed by atoms with Gasteiger partial charge in [0.05, 0.1) is 99.3 Å². The van der Waals surface area contributed by atoms with Gasteiger partial charge >= 0.3 is 0 Å². The van der Waals surface area contributed by atoms with E-state index in [4.69, 9.17) is 42.1 Å². The number of aromatic amines is 5. The number of hydrogen-bond acceptors (Lipinski definition) is 25. The van der Waals surface area contributed by atoms with Gasteiger partial charge < -0.3 is 40.2 Å². The zero-order chi connectivity index (χ0) is 95.3. The van der Waals surface area contributed by atoms with Gasteiger partial charge in [-0.3, -0.25) is 54.4 Å². The molecule has 20 aromatic rings. The molecule has 0 saturated carbocycles. The predicted octanol–water partition coefficient (Wildman–Crippen LogP) is 16.4. The van der Waals surface area contributed by atoms with Gasteiger partial charge in [0.15, 0.2) is 29.1 Å². The van der Waals surface area contributed by atoms with E-state index in [0.29, 0.717) is 129 Å². The Bertz CT molecular complexity index is 8070. The van der Waals surface area contributed by atoms with Crippen LogP contribution in [-0.4, -0.2) is 138 Å². The number of methoxy groups -OCH3 is 4. The second-order valence-corrected chi connectivity index (χ2v) is 33.8. The number of rotatable bonds is 23. The number of hydrogen-bond donors (Lipinski definition) is 9. The molecule has 9 N–H and O–H groups in total. The summed E-state index contributed by atoms with van der Waals surface area (Å²) in [6, 6.07) is 75.1. The number of anilines is 4. The number of H-pyrrole nitrogens is 5. The molecule has 34 nitrogen and oxygen atoms in total. The van der Waals surface area contributed by atoms with Gasteiger partial charge in [0.25, 0.3) is 56.7 Å². The molecule has 0 unspecified atom stereocenters. The molecule has 0 bridgehead atoms. The Labute approximate surface area is 796 Å². The molecule has 37 heteroatoms. The minimum Gasteiger partial charge on any atom is -0.497 e. The fourth-order valence-corrected chi connectivity index (χ4v) is 16.1. The molecule has 11 aromatic heterocycles. The van der Waals surface area contributed by atoms with Crippen molar-refractivity contribution in [3.63, 3.8) is 0 Å². The van der Waals surface area contributed by atoms with Gasteiger partial charge in [-0.1, -0.05) is 108 Å². The minimum atomic E-state index is -0.230. The summed E-state index contributed by atoms with van der Waals surface area (Å²) < 4.78 is 27.7. The van der Waals surface area contributed by atoms with E-state index < -0.39 is 0 Å². The third-order valence-electron chi connectivity index (χ3n) is 22.6. The number of halogens is 2. The topological polar surface area (TPSA) is 404 Å². The molecule has 0 saturated heterocycles. The zero-order valence-corrected chi connectivity index (χ0v) is 78.2. The molecule has 692 valence electrons. The van der Waals surface area contributed by atoms with Crippen molar-refractivity contribution < 1.29 is 18.9 Å². The van der Waals surface area contributed by atoms with Crippen molar-refractivity contribution in [3.8, 4) is 79.3 Å². The molecule has 0 fully saturated rings. The summed E-state index contributed by atoms with van der Waals surface area (Å²) in [6.07, 6.45) is 1.01. The second-order valence-electron chi connectivity index (χ2n) is 32.0. The molecule has 1 aliphatic heterocycles. The van der Waals surface area contributed by atoms with E-state index >= 15 is 0 Å². The number of nitrogens with zero attached hydrogens (tertiary/aromatic N) is 16. The van der Waals surface area contributed by atoms with Gasteiger partial charge in [-0.15, -0.1) is 11.3 Å². The van der Waals surface area contributed by atoms with Crippen molar-refractivity contribution in [1.29, 1.82) is 0 Å². The van der Waals surface area contributed by atoms with Crippen molar-refractivity contribution in [2.75, 3.05) is 56.3 Å². The smallest absolute Gasteiger partial charge is 0.274 e. The van der Waals surface area contributed by atoms with Gasteiger partial charge in [-0.2, -0.15) is 47.5 Å². The quantitative estimate of drug-likeness (QED) is 0.0287. The average Bonchev–Trinajstić information content (AvgIpc) is 1.67. The van der Waals surface area contributed by atoms with Crippen LogP contribution in [0.15, 0.2) is 272 Å². The van der Waals surface area contributed by atoms with Gasteiger partial charge in [0, 0.05) is 93.6 Å². The van der Waals surface area contributed by atoms with E-state index in [0.717, 1.165) is 97.9 Å². The number of thiophene rings is 1. The highest BCUT2D eigenvalue weighted by molar-refractivity contribution is 7.13. The number of aryl methyl sites for hydroxylation is 4. The summed E-state index contributed by atoms with van der Waals surface area (Å²) in [5.74, 6) is 7.59. The number of benzene rings is 9. The van der Waals surface area contributed by atoms with Crippen LogP contribution in [0, 0.1) is 34.6 Å². The third-order valence-corrected chi connectivity index (χ3v) is 24.0. The Hall–Kier alpha value is -16.6. The van der Waals surface area contributed by atoms with Crippen LogP contribution in [0.2, 0.25) is 10.0 Å². The molecule has 9 aromatic carbocycles. The third kappa shape index (κ3) is 22.0. The first-order valence-corrected chi connectivity index (χ1v) is 45.1. The molecule has 0 radical (unpaired) electrons. The molecule has 1 aliphatic rings. The normalized spacial score (nSPS) is 11.6. The van der Waals surface area contributed by atoms with Crippen molar-refractivity contribution in [3.05, 3.63) is 377 Å². The van der Waals surface area contributed by atoms with E-state index in [-0.39, 0.29) is 27.8 Å². The summed E-state index contributed by atoms with van der Waals surface area (Å²) in [6.45, 7) is 14.4. The van der Waals surface area contributed by atoms with E-state index in [1.54, 1.807) is 76.2 Å². The number of para-hydroxylation sites is 2. The zero-order valence-electron chi connectivity index (χ0n) is 75.8. The summed E-state index contributed by atoms with van der Waals surface area (Å²) in [4.78, 5) is 110. The monoisotopic (exact) mass is 1890 g/mol. The Kier molecular flexibility index (Phi) is 28.0. The van der Waals surface area contributed by atoms with Crippen LogP contribution in [0.25, 0.3) is 85.1 Å². The van der Waals surface area contributed by atoms with Gasteiger partial charge in [0.1, 0.15) is 23.0 Å². The van der Waals surface area contributed by atoms with Crippen LogP contribution in [0.5, 0.6) is 23.0 Å². The summed E-state index contributed by atoms with van der Waals surface area (Å²) in [7, 11) is 6.43. The molecular formula is C100H93Cl2N25O9S. The fourth-order valence-electron chi connectivity index (χ4n) is 15.1. The summed E-state index contributed by atoms with van der Waals surface area (Å²) >= 11 is 13.6. The highest BCUT2D eigenvalue weighted by Crippen LogP contribution is 2.31. The first-order valence-electron chi connectivity index (χ1n) is 43.5. The highest BCUT2D eigenvalue weighted by atomic mass is 35.5. The number of fused-ring (bicyclic) bond motifs is 6. The fraction of sp³-hybridized carbons (Fsp3) is 0.170. The lowest BCUT2D eigenvalue weighted by molar-refractivity contribution is 0.242. The molecule has 0 spiro atoms. The van der Waals surface area contributed by atoms with Crippen LogP contribution in [0.3, 0.4) is 0 Å². The lowest BCUT2D eigenvalue weighted by atomic mass is 10.00. The average molecular weight is 1890 g/mol. The summed E-state index contributed by atoms with van der Waals surface area (Å²) in [5, 5.41) is 31.3. The van der Waals surface area contributed by atoms with Crippen LogP contribution in [0.4, 0.5) is 22.7 Å². The largest absolute Gasteiger partial charge is 0.497 e. The molecular weight excluding hydrogens is 1800 g/mol. The van der Waals surface area contributed by atoms with E-state index in [1.165, 1.54) is 80.2 Å². The maximum Gasteiger partial charge on any atom is 0.274 e. The Morgan fingerprint density at radius 3 is 1.30 bits per heavy atom. The van der Waals surface area contributed by atoms with Crippen molar-refractivity contribution >= 4 is 86.2 Å². The molecule has 0 aliphatic carbocycles. The van der Waals surface area contributed by atoms with Crippen molar-refractivity contribution in [1.82, 2.24) is 103 Å². The van der Waals surface area contributed by atoms with Crippen LogP contribution in [-0.2, 0) is 45.7 Å². The van der Waals surface area contributed by atoms with E-state index in [1.807, 2.05) is 152 Å². The van der Waals surface area contributed by atoms with Crippen molar-refractivity contribution in [2.45, 2.75) is 80.3 Å². The van der Waals surface area contributed by atoms with Crippen LogP contribution < -0.4 is 68.0 Å². The van der Waals surface area contributed by atoms with E-state index in [2.05, 4.69) is 172 Å². The maximum absolute atomic E-state index is 12.6. The first-order chi connectivity index (χ1) is 66.5. The standard InChI is InChI=1S/C21H18ClN5O.C21H21N5O2.C20H18ClN5O2.C20H19N5O3.C18H17N5OS/c22-17-7-5-15(6-8-17)20-24-21-23-18(11-19(28)27(21)25-20)13-26-10-9-14-3-1-2-4-16(14)12-26;1-13-5-4-6-18(14(13)2)22-12-16-11-19(27)26-21(23-16)24-20(25-26)15-7-9-17(28-3)10-8-15;1-12-4-3-5-13(8-12)19-24-20-23-15(10-18(27)26(20)25-19)11-22-16-9-14(21)6-7-17(16)28-2;1-27-15-9-7-13(8-10-15)19-23-20-22-14(11-18(26)25(20)24-19)12-21-16-5-3-4-6-17(16)28-2;1-11-5-6-13(8-12(11)2)19-10-14-9-16(24)23-18(20-14)21-17(22-23)15-4-3-7-25-15/h1-8,11H,9-10,12-13H2,(H,23,24,25);4-11,22H,12H2,1-3H3,(H,23,24,25);3-10,22H,11H2,1-2H3,(H,23,24,25);3-11,21H,12H2,1-2H3,(H,22,23,24);3-9,19H,10H2,1-2H3,(H,20,21,22). The Morgan fingerprint density at radius 1 is 0.350 bits per heavy atom. The summed E-state index contributed by atoms with van der Waals surface area (Å²) in [5.41, 5.74) is 17.9. The number of ether oxygens (including phenoxy) is 4. The SMILES string of the molecule is COc1ccc(-c2nc3nc(CNc4cccc(C)c4C)cc(=O)n3[nH]2)cc1.COc1ccc(-c2nc3nc(CNc4ccccc4OC)cc(=O)n3[nH]2)cc1.COc1ccc(Cl)cc1NCc1cc(=O)n2[nH]c(-c3cccc(C)c3)nc2n1.Cc1ccc(NCc2cc(=O)n3[nH]c(-c4cccs4)nc3n2)cc1C.O=c1cc(CN2CCc3ccccc3C2)nc2nc(-c3ccc(Cl)cc3)[nH]n12. The van der Waals surface area contributed by atoms with Crippen molar-refractivity contribution in [2.24, 2.45) is 0 Å². The lowest BCUT2D eigenvalue weighted by Crippen LogP contribution is -2.31. The second kappa shape index (κ2) is 41.7. The lowest BCUT2D eigenvalue weighted by Gasteiger charge is -2.28. The molecule has 137 heavy (non-hydrogen) atoms. The number of aromatic nitrogens is 20. The minimum absolute atomic E-state index is 0.162. The van der Waals surface area contributed by atoms with Gasteiger partial charge in [0.2, 0.25) is 0 Å². The first kappa shape index (κ1) is 92.2. The molecule has 12 heterocycles. The Morgan fingerprint density at radius 2 is 0.788 bits per heavy atom. The van der Waals surface area contributed by atoms with Crippen LogP contribution in [0.1, 0.15) is 67.4 Å². The Balaban J connectivity index is 0.000000119. The number of nitrogens with one attached hydrogen (secondary N) is 9. The van der Waals surface area contributed by atoms with E-state index in [9.17, 15) is 24.0 Å². The highest BCUT2D eigenvalue weighted by Gasteiger charge is 2.21. The predicted molar refractivity (Wildman–Crippen MR) is 532 cm³/mol. The van der Waals surface area contributed by atoms with Crippen LogP contribution >= 0.6 is 34.5 Å². The molecule has 21 rings (SSSR count). The van der Waals surface area contributed by atoms with Gasteiger partial charge in [-0.25, -0.2) is 24.9 Å². The van der Waals surface area contributed by atoms with Gasteiger partial charge in [-0.05, 0) is 213 Å².